The molecule has 0 radical (unpaired) electrons. The van der Waals surface area contributed by atoms with E-state index in [0.29, 0.717) is 29.1 Å². The molecule has 0 aliphatic heterocycles. The molecular formula is C16H22N4O3. The highest BCUT2D eigenvalue weighted by atomic mass is 16.5. The molecule has 23 heavy (non-hydrogen) atoms. The highest BCUT2D eigenvalue weighted by Crippen LogP contribution is 2.24. The second-order valence-corrected chi connectivity index (χ2v) is 5.78. The number of amides is 2. The van der Waals surface area contributed by atoms with Crippen molar-refractivity contribution in [2.24, 2.45) is 11.7 Å². The predicted molar refractivity (Wildman–Crippen MR) is 86.3 cm³/mol. The van der Waals surface area contributed by atoms with Crippen molar-refractivity contribution in [3.05, 3.63) is 36.0 Å². The lowest BCUT2D eigenvalue weighted by atomic mass is 10.1. The second-order valence-electron chi connectivity index (χ2n) is 5.78. The Hall–Kier alpha value is -2.57. The molecule has 0 saturated heterocycles. The Morgan fingerprint density at radius 2 is 1.91 bits per heavy atom. The summed E-state index contributed by atoms with van der Waals surface area (Å²) in [5.41, 5.74) is 5.92. The normalized spacial score (nSPS) is 12.2. The number of carbonyl (C=O) groups excluding carboxylic acids is 1. The fourth-order valence-corrected chi connectivity index (χ4v) is 1.99. The highest BCUT2D eigenvalue weighted by molar-refractivity contribution is 5.90. The van der Waals surface area contributed by atoms with Gasteiger partial charge in [-0.05, 0) is 37.1 Å². The molecule has 2 aromatic rings. The van der Waals surface area contributed by atoms with Crippen LogP contribution in [0.1, 0.15) is 38.7 Å². The molecule has 2 amide bonds. The number of rotatable bonds is 6. The zero-order valence-corrected chi connectivity index (χ0v) is 13.8. The van der Waals surface area contributed by atoms with Gasteiger partial charge in [0.2, 0.25) is 5.89 Å². The van der Waals surface area contributed by atoms with Crippen LogP contribution in [-0.4, -0.2) is 23.3 Å². The van der Waals surface area contributed by atoms with Crippen molar-refractivity contribution in [3.8, 4) is 5.75 Å². The third-order valence-corrected chi connectivity index (χ3v) is 3.28. The number of primary amides is 1. The van der Waals surface area contributed by atoms with E-state index in [2.05, 4.69) is 24.0 Å². The number of carbonyl (C=O) groups is 1. The van der Waals surface area contributed by atoms with Crippen molar-refractivity contribution in [3.63, 3.8) is 0 Å². The lowest BCUT2D eigenvalue weighted by molar-refractivity contribution is 0.185. The number of nitrogens with zero attached hydrogens (tertiary/aromatic N) is 3. The first-order valence-electron chi connectivity index (χ1n) is 7.49. The van der Waals surface area contributed by atoms with Crippen molar-refractivity contribution in [2.45, 2.75) is 33.3 Å². The van der Waals surface area contributed by atoms with E-state index in [1.54, 1.807) is 31.3 Å². The van der Waals surface area contributed by atoms with Crippen LogP contribution in [0.5, 0.6) is 5.75 Å². The number of anilines is 1. The summed E-state index contributed by atoms with van der Waals surface area (Å²) in [7, 11) is 1.61. The molecule has 2 rings (SSSR count). The maximum Gasteiger partial charge on any atom is 0.318 e. The van der Waals surface area contributed by atoms with E-state index in [9.17, 15) is 4.79 Å². The van der Waals surface area contributed by atoms with E-state index >= 15 is 0 Å². The summed E-state index contributed by atoms with van der Waals surface area (Å²) in [6.45, 7) is 6.03. The second kappa shape index (κ2) is 7.13. The van der Waals surface area contributed by atoms with Gasteiger partial charge in [0.25, 0.3) is 5.89 Å². The monoisotopic (exact) mass is 318 g/mol. The van der Waals surface area contributed by atoms with Gasteiger partial charge in [-0.25, -0.2) is 4.79 Å². The van der Waals surface area contributed by atoms with Crippen molar-refractivity contribution in [2.75, 3.05) is 11.9 Å². The molecule has 0 aliphatic rings. The summed E-state index contributed by atoms with van der Waals surface area (Å²) in [5.74, 6) is 2.15. The average molecular weight is 318 g/mol. The summed E-state index contributed by atoms with van der Waals surface area (Å²) < 4.78 is 11.4. The van der Waals surface area contributed by atoms with Crippen molar-refractivity contribution < 1.29 is 13.9 Å². The molecule has 7 heteroatoms. The van der Waals surface area contributed by atoms with Crippen LogP contribution in [0, 0.1) is 5.92 Å². The third kappa shape index (κ3) is 4.45. The zero-order chi connectivity index (χ0) is 17.0. The molecule has 0 unspecified atom stereocenters. The van der Waals surface area contributed by atoms with Crippen molar-refractivity contribution in [1.29, 1.82) is 0 Å². The largest absolute Gasteiger partial charge is 0.481 e. The number of benzene rings is 1. The Labute approximate surface area is 135 Å². The fourth-order valence-electron chi connectivity index (χ4n) is 1.99. The summed E-state index contributed by atoms with van der Waals surface area (Å²) in [6.07, 6.45) is 0.386. The lowest BCUT2D eigenvalue weighted by Crippen LogP contribution is -2.31. The van der Waals surface area contributed by atoms with Crippen LogP contribution in [0.2, 0.25) is 0 Å². The van der Waals surface area contributed by atoms with Crippen LogP contribution in [0.25, 0.3) is 0 Å². The number of ether oxygens (including phenoxy) is 1. The predicted octanol–water partition coefficient (Wildman–Crippen LogP) is 2.92. The van der Waals surface area contributed by atoms with E-state index in [0.717, 1.165) is 6.42 Å². The minimum Gasteiger partial charge on any atom is -0.481 e. The Balaban J connectivity index is 2.01. The van der Waals surface area contributed by atoms with Gasteiger partial charge in [-0.2, -0.15) is 0 Å². The van der Waals surface area contributed by atoms with Crippen LogP contribution in [0.15, 0.2) is 28.7 Å². The molecule has 0 saturated carbocycles. The smallest absolute Gasteiger partial charge is 0.318 e. The molecule has 1 heterocycles. The number of nitrogens with two attached hydrogens (primary N) is 1. The molecule has 1 aromatic heterocycles. The molecule has 0 aliphatic carbocycles. The third-order valence-electron chi connectivity index (χ3n) is 3.28. The van der Waals surface area contributed by atoms with Gasteiger partial charge in [-0.3, -0.25) is 4.90 Å². The number of aromatic nitrogens is 2. The Morgan fingerprint density at radius 1 is 1.26 bits per heavy atom. The minimum absolute atomic E-state index is 0.358. The van der Waals surface area contributed by atoms with Gasteiger partial charge in [0.05, 0.1) is 0 Å². The van der Waals surface area contributed by atoms with E-state index in [-0.39, 0.29) is 6.10 Å². The molecule has 0 spiro atoms. The van der Waals surface area contributed by atoms with Gasteiger partial charge in [-0.15, -0.1) is 10.2 Å². The lowest BCUT2D eigenvalue weighted by Gasteiger charge is -2.15. The molecule has 0 bridgehead atoms. The molecule has 0 fully saturated rings. The maximum atomic E-state index is 11.1. The van der Waals surface area contributed by atoms with E-state index in [4.69, 9.17) is 14.9 Å². The first kappa shape index (κ1) is 16.8. The Kier molecular flexibility index (Phi) is 5.20. The SMILES string of the molecule is CC(C)Cc1nnc([C@H](C)Oc2ccc(N(C)C(N)=O)cc2)o1. The van der Waals surface area contributed by atoms with E-state index < -0.39 is 6.03 Å². The molecule has 124 valence electrons. The Morgan fingerprint density at radius 3 is 2.48 bits per heavy atom. The van der Waals surface area contributed by atoms with Crippen LogP contribution in [0.3, 0.4) is 0 Å². The van der Waals surface area contributed by atoms with Gasteiger partial charge in [0.1, 0.15) is 5.75 Å². The van der Waals surface area contributed by atoms with Gasteiger partial charge in [0.15, 0.2) is 6.10 Å². The van der Waals surface area contributed by atoms with Crippen molar-refractivity contribution >= 4 is 11.7 Å². The van der Waals surface area contributed by atoms with Crippen LogP contribution in [-0.2, 0) is 6.42 Å². The fraction of sp³-hybridized carbons (Fsp3) is 0.438. The standard InChI is InChI=1S/C16H22N4O3/c1-10(2)9-14-18-19-15(23-14)11(3)22-13-7-5-12(6-8-13)20(4)16(17)21/h5-8,10-11H,9H2,1-4H3,(H2,17,21)/t11-/m0/s1. The van der Waals surface area contributed by atoms with E-state index in [1.807, 2.05) is 6.92 Å². The van der Waals surface area contributed by atoms with Crippen molar-refractivity contribution in [1.82, 2.24) is 10.2 Å². The zero-order valence-electron chi connectivity index (χ0n) is 13.8. The Bertz CT molecular complexity index is 652. The molecule has 1 atom stereocenters. The van der Waals surface area contributed by atoms with Crippen LogP contribution >= 0.6 is 0 Å². The summed E-state index contributed by atoms with van der Waals surface area (Å²) in [4.78, 5) is 12.5. The summed E-state index contributed by atoms with van der Waals surface area (Å²) >= 11 is 0. The summed E-state index contributed by atoms with van der Waals surface area (Å²) in [6, 6.07) is 6.51. The molecule has 7 nitrogen and oxygen atoms in total. The molecule has 1 aromatic carbocycles. The van der Waals surface area contributed by atoms with Gasteiger partial charge in [0, 0.05) is 19.2 Å². The molecular weight excluding hydrogens is 296 g/mol. The van der Waals surface area contributed by atoms with Gasteiger partial charge in [-0.1, -0.05) is 13.8 Å². The first-order valence-corrected chi connectivity index (χ1v) is 7.49. The van der Waals surface area contributed by atoms with E-state index in [1.165, 1.54) is 4.90 Å². The number of hydrogen-bond donors (Lipinski definition) is 1. The van der Waals surface area contributed by atoms with Gasteiger partial charge < -0.3 is 14.9 Å². The highest BCUT2D eigenvalue weighted by Gasteiger charge is 2.16. The average Bonchev–Trinajstić information content (AvgIpc) is 2.95. The van der Waals surface area contributed by atoms with Gasteiger partial charge >= 0.3 is 6.03 Å². The molecule has 2 N–H and O–H groups in total. The van der Waals surface area contributed by atoms with Crippen LogP contribution < -0.4 is 15.4 Å². The number of hydrogen-bond acceptors (Lipinski definition) is 5. The topological polar surface area (TPSA) is 94.5 Å². The van der Waals surface area contributed by atoms with Crippen LogP contribution in [0.4, 0.5) is 10.5 Å². The summed E-state index contributed by atoms with van der Waals surface area (Å²) in [5, 5.41) is 8.04. The minimum atomic E-state index is -0.518. The number of urea groups is 1. The quantitative estimate of drug-likeness (QED) is 0.883. The first-order chi connectivity index (χ1) is 10.9. The maximum absolute atomic E-state index is 11.1.